The molecule has 0 aromatic heterocycles. The van der Waals surface area contributed by atoms with E-state index in [1.54, 1.807) is 24.3 Å². The van der Waals surface area contributed by atoms with E-state index in [1.807, 2.05) is 0 Å². The molecule has 0 unspecified atom stereocenters. The molecule has 1 saturated heterocycles. The van der Waals surface area contributed by atoms with E-state index in [0.29, 0.717) is 26.4 Å². The molecule has 1 aliphatic heterocycles. The molecule has 0 saturated carbocycles. The van der Waals surface area contributed by atoms with Crippen LogP contribution in [0.4, 0.5) is 19.3 Å². The Bertz CT molecular complexity index is 1360. The van der Waals surface area contributed by atoms with E-state index in [2.05, 4.69) is 21.2 Å². The molecule has 4 amide bonds. The molecule has 0 bridgehead atoms. The van der Waals surface area contributed by atoms with Gasteiger partial charge in [-0.25, -0.2) is 18.5 Å². The maximum absolute atomic E-state index is 13.7. The summed E-state index contributed by atoms with van der Waals surface area (Å²) in [7, 11) is 1.42. The molecule has 0 atom stereocenters. The molecule has 0 aliphatic carbocycles. The number of carbonyl (C=O) groups is 3. The Morgan fingerprint density at radius 2 is 1.71 bits per heavy atom. The molecule has 4 rings (SSSR count). The molecule has 3 aromatic carbocycles. The molecule has 1 N–H and O–H groups in total. The lowest BCUT2D eigenvalue weighted by atomic mass is 10.1. The first kappa shape index (κ1) is 24.1. The maximum atomic E-state index is 13.7. The van der Waals surface area contributed by atoms with E-state index in [9.17, 15) is 23.2 Å². The number of hydrogen-bond acceptors (Lipinski definition) is 5. The van der Waals surface area contributed by atoms with Gasteiger partial charge in [0.2, 0.25) is 0 Å². The van der Waals surface area contributed by atoms with Crippen molar-refractivity contribution in [1.82, 2.24) is 5.32 Å². The van der Waals surface area contributed by atoms with Crippen molar-refractivity contribution in [2.24, 2.45) is 0 Å². The van der Waals surface area contributed by atoms with E-state index < -0.39 is 23.7 Å². The minimum absolute atomic E-state index is 0.0212. The van der Waals surface area contributed by atoms with Gasteiger partial charge >= 0.3 is 6.03 Å². The normalized spacial score (nSPS) is 14.8. The van der Waals surface area contributed by atoms with Crippen molar-refractivity contribution >= 4 is 45.5 Å². The zero-order valence-electron chi connectivity index (χ0n) is 18.2. The number of carbonyl (C=O) groups excluding carboxylic acids is 3. The third-order valence-electron chi connectivity index (χ3n) is 5.06. The number of methoxy groups -OCH3 is 1. The molecule has 1 fully saturated rings. The SMILES string of the molecule is COc1cc(/C=C2\C(=O)NC(=O)N(c3cccc(F)c3)C2=O)c(Br)cc1OCc1ccc(F)cc1. The number of urea groups is 1. The fourth-order valence-electron chi connectivity index (χ4n) is 3.34. The van der Waals surface area contributed by atoms with Crippen molar-refractivity contribution in [1.29, 1.82) is 0 Å². The lowest BCUT2D eigenvalue weighted by Gasteiger charge is -2.26. The summed E-state index contributed by atoms with van der Waals surface area (Å²) in [5.41, 5.74) is 0.772. The number of ether oxygens (including phenoxy) is 2. The first-order valence-electron chi connectivity index (χ1n) is 10.2. The highest BCUT2D eigenvalue weighted by Gasteiger charge is 2.37. The number of nitrogens with one attached hydrogen (secondary N) is 1. The number of hydrogen-bond donors (Lipinski definition) is 1. The zero-order valence-corrected chi connectivity index (χ0v) is 19.8. The Kier molecular flexibility index (Phi) is 6.92. The van der Waals surface area contributed by atoms with Gasteiger partial charge in [-0.15, -0.1) is 0 Å². The third kappa shape index (κ3) is 5.22. The van der Waals surface area contributed by atoms with Crippen molar-refractivity contribution < 1.29 is 32.6 Å². The highest BCUT2D eigenvalue weighted by Crippen LogP contribution is 2.35. The fourth-order valence-corrected chi connectivity index (χ4v) is 3.78. The Morgan fingerprint density at radius 1 is 0.971 bits per heavy atom. The first-order valence-corrected chi connectivity index (χ1v) is 11.0. The average Bonchev–Trinajstić information content (AvgIpc) is 2.82. The van der Waals surface area contributed by atoms with Crippen LogP contribution in [0.2, 0.25) is 0 Å². The summed E-state index contributed by atoms with van der Waals surface area (Å²) in [5, 5.41) is 2.09. The highest BCUT2D eigenvalue weighted by molar-refractivity contribution is 9.10. The van der Waals surface area contributed by atoms with E-state index in [1.165, 1.54) is 43.5 Å². The van der Waals surface area contributed by atoms with E-state index in [4.69, 9.17) is 9.47 Å². The third-order valence-corrected chi connectivity index (χ3v) is 5.75. The monoisotopic (exact) mass is 542 g/mol. The van der Waals surface area contributed by atoms with Crippen LogP contribution in [0.3, 0.4) is 0 Å². The van der Waals surface area contributed by atoms with Crippen LogP contribution in [0.15, 0.2) is 70.7 Å². The van der Waals surface area contributed by atoms with Crippen molar-refractivity contribution in [2.75, 3.05) is 12.0 Å². The van der Waals surface area contributed by atoms with Gasteiger partial charge in [0.15, 0.2) is 11.5 Å². The van der Waals surface area contributed by atoms with Gasteiger partial charge in [-0.1, -0.05) is 34.1 Å². The van der Waals surface area contributed by atoms with Gasteiger partial charge in [-0.2, -0.15) is 0 Å². The first-order chi connectivity index (χ1) is 16.8. The Labute approximate surface area is 207 Å². The average molecular weight is 543 g/mol. The maximum Gasteiger partial charge on any atom is 0.335 e. The fraction of sp³-hybridized carbons (Fsp3) is 0.0800. The number of imide groups is 2. The van der Waals surface area contributed by atoms with Crippen LogP contribution in [0.25, 0.3) is 6.08 Å². The van der Waals surface area contributed by atoms with Gasteiger partial charge in [-0.3, -0.25) is 14.9 Å². The summed E-state index contributed by atoms with van der Waals surface area (Å²) in [4.78, 5) is 38.5. The second-order valence-corrected chi connectivity index (χ2v) is 8.23. The van der Waals surface area contributed by atoms with E-state index >= 15 is 0 Å². The van der Waals surface area contributed by atoms with Crippen LogP contribution in [0, 0.1) is 11.6 Å². The van der Waals surface area contributed by atoms with Gasteiger partial charge < -0.3 is 9.47 Å². The van der Waals surface area contributed by atoms with E-state index in [0.717, 1.165) is 11.6 Å². The molecule has 10 heteroatoms. The number of anilines is 1. The molecule has 3 aromatic rings. The molecule has 0 spiro atoms. The molecule has 178 valence electrons. The topological polar surface area (TPSA) is 84.9 Å². The predicted octanol–water partition coefficient (Wildman–Crippen LogP) is 4.98. The minimum Gasteiger partial charge on any atom is -0.493 e. The smallest absolute Gasteiger partial charge is 0.335 e. The number of barbiturate groups is 1. The van der Waals surface area contributed by atoms with Gasteiger partial charge in [0.25, 0.3) is 11.8 Å². The van der Waals surface area contributed by atoms with Gasteiger partial charge in [0.05, 0.1) is 12.8 Å². The summed E-state index contributed by atoms with van der Waals surface area (Å²) in [6.45, 7) is 0.148. The van der Waals surface area contributed by atoms with Crippen LogP contribution in [-0.2, 0) is 16.2 Å². The molecule has 0 radical (unpaired) electrons. The predicted molar refractivity (Wildman–Crippen MR) is 127 cm³/mol. The van der Waals surface area contributed by atoms with Crippen molar-refractivity contribution in [3.63, 3.8) is 0 Å². The van der Waals surface area contributed by atoms with Gasteiger partial charge in [-0.05, 0) is 59.7 Å². The van der Waals surface area contributed by atoms with Crippen LogP contribution >= 0.6 is 15.9 Å². The summed E-state index contributed by atoms with van der Waals surface area (Å²) in [5.74, 6) is -2.13. The zero-order chi connectivity index (χ0) is 25.1. The molecular weight excluding hydrogens is 526 g/mol. The summed E-state index contributed by atoms with van der Waals surface area (Å²) in [6.07, 6.45) is 1.28. The Morgan fingerprint density at radius 3 is 2.40 bits per heavy atom. The second-order valence-electron chi connectivity index (χ2n) is 7.38. The summed E-state index contributed by atoms with van der Waals surface area (Å²) >= 11 is 3.39. The lowest BCUT2D eigenvalue weighted by Crippen LogP contribution is -2.54. The summed E-state index contributed by atoms with van der Waals surface area (Å²) in [6, 6.07) is 12.9. The Balaban J connectivity index is 1.64. The number of halogens is 3. The summed E-state index contributed by atoms with van der Waals surface area (Å²) < 4.78 is 38.4. The van der Waals surface area contributed by atoms with Crippen LogP contribution in [-0.4, -0.2) is 25.0 Å². The molecule has 1 heterocycles. The Hall–Kier alpha value is -4.05. The minimum atomic E-state index is -0.982. The van der Waals surface area contributed by atoms with Crippen molar-refractivity contribution in [2.45, 2.75) is 6.61 Å². The van der Waals surface area contributed by atoms with Crippen molar-refractivity contribution in [3.8, 4) is 11.5 Å². The highest BCUT2D eigenvalue weighted by atomic mass is 79.9. The molecule has 7 nitrogen and oxygen atoms in total. The number of amides is 4. The van der Waals surface area contributed by atoms with Crippen LogP contribution < -0.4 is 19.7 Å². The van der Waals surface area contributed by atoms with Crippen LogP contribution in [0.1, 0.15) is 11.1 Å². The standard InChI is InChI=1S/C25H17BrF2N2O5/c1-34-21-10-15(20(26)12-22(21)35-13-14-5-7-16(27)8-6-14)9-19-23(31)29-25(33)30(24(19)32)18-4-2-3-17(28)11-18/h2-12H,13H2,1H3,(H,29,31,33)/b19-9+. The quantitative estimate of drug-likeness (QED) is 0.350. The second kappa shape index (κ2) is 10.1. The number of benzene rings is 3. The number of nitrogens with zero attached hydrogens (tertiary/aromatic N) is 1. The van der Waals surface area contributed by atoms with E-state index in [-0.39, 0.29) is 23.7 Å². The number of rotatable bonds is 6. The van der Waals surface area contributed by atoms with Crippen molar-refractivity contribution in [3.05, 3.63) is 93.5 Å². The van der Waals surface area contributed by atoms with Crippen LogP contribution in [0.5, 0.6) is 11.5 Å². The van der Waals surface area contributed by atoms with Gasteiger partial charge in [0.1, 0.15) is 23.8 Å². The lowest BCUT2D eigenvalue weighted by molar-refractivity contribution is -0.122. The van der Waals surface area contributed by atoms with Gasteiger partial charge in [0, 0.05) is 4.47 Å². The largest absolute Gasteiger partial charge is 0.493 e. The molecular formula is C25H17BrF2N2O5. The molecule has 1 aliphatic rings. The molecule has 35 heavy (non-hydrogen) atoms.